The zero-order valence-corrected chi connectivity index (χ0v) is 12.2. The van der Waals surface area contributed by atoms with Crippen molar-refractivity contribution in [2.24, 2.45) is 0 Å². The molecular formula is C13H7BrClFN2O2. The maximum absolute atomic E-state index is 14.2. The van der Waals surface area contributed by atoms with E-state index >= 15 is 0 Å². The van der Waals surface area contributed by atoms with E-state index in [1.165, 1.54) is 12.3 Å². The van der Waals surface area contributed by atoms with Crippen LogP contribution in [-0.4, -0.2) is 5.16 Å². The summed E-state index contributed by atoms with van der Waals surface area (Å²) in [5.74, 6) is -0.570. The molecule has 0 bridgehead atoms. The van der Waals surface area contributed by atoms with Gasteiger partial charge in [-0.25, -0.2) is 4.39 Å². The van der Waals surface area contributed by atoms with Gasteiger partial charge in [0.1, 0.15) is 11.5 Å². The van der Waals surface area contributed by atoms with Gasteiger partial charge in [0.05, 0.1) is 22.4 Å². The molecule has 3 rings (SSSR count). The van der Waals surface area contributed by atoms with Crippen molar-refractivity contribution in [3.05, 3.63) is 46.0 Å². The first-order valence-corrected chi connectivity index (χ1v) is 6.69. The molecule has 0 aliphatic rings. The summed E-state index contributed by atoms with van der Waals surface area (Å²) in [5, 5.41) is 3.87. The molecule has 2 heterocycles. The molecule has 0 atom stereocenters. The summed E-state index contributed by atoms with van der Waals surface area (Å²) >= 11 is 9.04. The smallest absolute Gasteiger partial charge is 0.230 e. The van der Waals surface area contributed by atoms with E-state index in [9.17, 15) is 4.39 Å². The third-order valence-corrected chi connectivity index (χ3v) is 3.72. The van der Waals surface area contributed by atoms with Gasteiger partial charge < -0.3 is 14.7 Å². The lowest BCUT2D eigenvalue weighted by atomic mass is 10.0. The van der Waals surface area contributed by atoms with Crippen molar-refractivity contribution < 1.29 is 13.3 Å². The Bertz CT molecular complexity index is 785. The first-order chi connectivity index (χ1) is 9.59. The molecule has 7 heteroatoms. The summed E-state index contributed by atoms with van der Waals surface area (Å²) in [5.41, 5.74) is 7.32. The molecule has 102 valence electrons. The molecule has 0 spiro atoms. The summed E-state index contributed by atoms with van der Waals surface area (Å²) in [6.45, 7) is 0. The molecule has 2 N–H and O–H groups in total. The quantitative estimate of drug-likeness (QED) is 0.719. The molecule has 0 saturated carbocycles. The minimum absolute atomic E-state index is 0.000286. The molecule has 20 heavy (non-hydrogen) atoms. The van der Waals surface area contributed by atoms with E-state index in [4.69, 9.17) is 26.3 Å². The summed E-state index contributed by atoms with van der Waals surface area (Å²) in [6, 6.07) is 6.31. The second-order valence-corrected chi connectivity index (χ2v) is 5.11. The Kier molecular flexibility index (Phi) is 3.27. The number of hydrogen-bond donors (Lipinski definition) is 1. The van der Waals surface area contributed by atoms with E-state index in [2.05, 4.69) is 21.1 Å². The van der Waals surface area contributed by atoms with Crippen LogP contribution in [0.15, 0.2) is 44.1 Å². The average Bonchev–Trinajstić information content (AvgIpc) is 2.99. The Labute approximate surface area is 126 Å². The highest BCUT2D eigenvalue weighted by Crippen LogP contribution is 2.41. The van der Waals surface area contributed by atoms with Crippen LogP contribution in [0.2, 0.25) is 5.02 Å². The van der Waals surface area contributed by atoms with E-state index < -0.39 is 5.82 Å². The maximum Gasteiger partial charge on any atom is 0.230 e. The number of nitrogen functional groups attached to an aromatic ring is 1. The largest absolute Gasteiger partial charge is 0.457 e. The number of anilines is 1. The monoisotopic (exact) mass is 356 g/mol. The van der Waals surface area contributed by atoms with Crippen LogP contribution in [-0.2, 0) is 0 Å². The van der Waals surface area contributed by atoms with E-state index in [0.717, 1.165) is 0 Å². The van der Waals surface area contributed by atoms with Gasteiger partial charge in [-0.1, -0.05) is 28.9 Å². The maximum atomic E-state index is 14.2. The van der Waals surface area contributed by atoms with Crippen LogP contribution in [0.3, 0.4) is 0 Å². The summed E-state index contributed by atoms with van der Waals surface area (Å²) in [6.07, 6.45) is 1.47. The molecule has 0 saturated heterocycles. The number of furan rings is 1. The van der Waals surface area contributed by atoms with Gasteiger partial charge in [0.2, 0.25) is 5.88 Å². The van der Waals surface area contributed by atoms with Crippen LogP contribution >= 0.6 is 27.5 Å². The van der Waals surface area contributed by atoms with Gasteiger partial charge in [-0.05, 0) is 28.1 Å². The Morgan fingerprint density at radius 3 is 2.75 bits per heavy atom. The van der Waals surface area contributed by atoms with Crippen molar-refractivity contribution in [2.75, 3.05) is 5.73 Å². The SMILES string of the molecule is Nc1onc(-c2ccoc2Br)c1-c1cccc(Cl)c1F. The van der Waals surface area contributed by atoms with E-state index in [1.807, 2.05) is 0 Å². The van der Waals surface area contributed by atoms with Crippen LogP contribution in [0, 0.1) is 5.82 Å². The van der Waals surface area contributed by atoms with Crippen LogP contribution in [0.4, 0.5) is 10.3 Å². The summed E-state index contributed by atoms with van der Waals surface area (Å²) in [7, 11) is 0. The molecule has 4 nitrogen and oxygen atoms in total. The van der Waals surface area contributed by atoms with E-state index in [1.54, 1.807) is 18.2 Å². The standard InChI is InChI=1S/C13H7BrClFN2O2/c14-12-7(4-5-19-12)11-9(13(17)20-18-11)6-2-1-3-8(15)10(6)16/h1-5H,17H2. The number of rotatable bonds is 2. The zero-order valence-electron chi connectivity index (χ0n) is 9.86. The summed E-state index contributed by atoms with van der Waals surface area (Å²) in [4.78, 5) is 0. The summed E-state index contributed by atoms with van der Waals surface area (Å²) < 4.78 is 24.8. The van der Waals surface area contributed by atoms with E-state index in [-0.39, 0.29) is 16.5 Å². The molecule has 2 aromatic heterocycles. The van der Waals surface area contributed by atoms with Gasteiger partial charge in [0.15, 0.2) is 4.67 Å². The zero-order chi connectivity index (χ0) is 14.3. The number of halogens is 3. The first kappa shape index (κ1) is 13.2. The predicted molar refractivity (Wildman–Crippen MR) is 76.7 cm³/mol. The minimum Gasteiger partial charge on any atom is -0.457 e. The van der Waals surface area contributed by atoms with E-state index in [0.29, 0.717) is 21.5 Å². The second kappa shape index (κ2) is 4.96. The molecular weight excluding hydrogens is 351 g/mol. The van der Waals surface area contributed by atoms with Crippen LogP contribution in [0.25, 0.3) is 22.4 Å². The van der Waals surface area contributed by atoms with Crippen molar-refractivity contribution in [1.82, 2.24) is 5.16 Å². The van der Waals surface area contributed by atoms with Gasteiger partial charge in [0.25, 0.3) is 0 Å². The van der Waals surface area contributed by atoms with Crippen molar-refractivity contribution in [1.29, 1.82) is 0 Å². The molecule has 0 aliphatic carbocycles. The number of aromatic nitrogens is 1. The van der Waals surface area contributed by atoms with Gasteiger partial charge in [-0.2, -0.15) is 0 Å². The minimum atomic E-state index is -0.579. The Morgan fingerprint density at radius 1 is 1.25 bits per heavy atom. The van der Waals surface area contributed by atoms with Gasteiger partial charge in [0, 0.05) is 5.56 Å². The molecule has 3 aromatic rings. The third-order valence-electron chi connectivity index (χ3n) is 2.81. The average molecular weight is 358 g/mol. The van der Waals surface area contributed by atoms with Crippen molar-refractivity contribution in [3.8, 4) is 22.4 Å². The normalized spacial score (nSPS) is 10.9. The highest BCUT2D eigenvalue weighted by Gasteiger charge is 2.23. The highest BCUT2D eigenvalue weighted by molar-refractivity contribution is 9.10. The van der Waals surface area contributed by atoms with Crippen molar-refractivity contribution in [3.63, 3.8) is 0 Å². The number of hydrogen-bond acceptors (Lipinski definition) is 4. The molecule has 1 aromatic carbocycles. The van der Waals surface area contributed by atoms with Gasteiger partial charge in [-0.3, -0.25) is 0 Å². The predicted octanol–water partition coefficient (Wildman–Crippen LogP) is 4.74. The van der Waals surface area contributed by atoms with Crippen LogP contribution in [0.1, 0.15) is 0 Å². The third kappa shape index (κ3) is 2.01. The molecule has 0 fully saturated rings. The lowest BCUT2D eigenvalue weighted by Crippen LogP contribution is -1.91. The van der Waals surface area contributed by atoms with Crippen LogP contribution < -0.4 is 5.73 Å². The Morgan fingerprint density at radius 2 is 2.05 bits per heavy atom. The molecule has 0 radical (unpaired) electrons. The highest BCUT2D eigenvalue weighted by atomic mass is 79.9. The van der Waals surface area contributed by atoms with Gasteiger partial charge >= 0.3 is 0 Å². The second-order valence-electron chi connectivity index (χ2n) is 3.98. The Balaban J connectivity index is 2.27. The number of nitrogens with two attached hydrogens (primary N) is 1. The fourth-order valence-corrected chi connectivity index (χ4v) is 2.51. The number of benzene rings is 1. The topological polar surface area (TPSA) is 65.2 Å². The fraction of sp³-hybridized carbons (Fsp3) is 0. The lowest BCUT2D eigenvalue weighted by Gasteiger charge is -2.04. The fourth-order valence-electron chi connectivity index (χ4n) is 1.91. The van der Waals surface area contributed by atoms with Crippen molar-refractivity contribution >= 4 is 33.4 Å². The van der Waals surface area contributed by atoms with Crippen LogP contribution in [0.5, 0.6) is 0 Å². The number of nitrogens with zero attached hydrogens (tertiary/aromatic N) is 1. The molecule has 0 amide bonds. The van der Waals surface area contributed by atoms with Crippen molar-refractivity contribution in [2.45, 2.75) is 0 Å². The lowest BCUT2D eigenvalue weighted by molar-refractivity contribution is 0.439. The Hall–Kier alpha value is -1.79. The first-order valence-electron chi connectivity index (χ1n) is 5.52. The van der Waals surface area contributed by atoms with Gasteiger partial charge in [-0.15, -0.1) is 0 Å². The molecule has 0 aliphatic heterocycles. The molecule has 0 unspecified atom stereocenters.